The van der Waals surface area contributed by atoms with Crippen molar-refractivity contribution in [3.63, 3.8) is 0 Å². The molecule has 0 aliphatic rings. The Morgan fingerprint density at radius 2 is 2.16 bits per heavy atom. The van der Waals surface area contributed by atoms with Crippen molar-refractivity contribution in [2.75, 3.05) is 30.9 Å². The summed E-state index contributed by atoms with van der Waals surface area (Å²) in [4.78, 5) is 18.2. The van der Waals surface area contributed by atoms with E-state index in [4.69, 9.17) is 8.83 Å². The molecule has 8 nitrogen and oxygen atoms in total. The minimum atomic E-state index is -1.29. The van der Waals surface area contributed by atoms with Gasteiger partial charge in [-0.15, -0.1) is 0 Å². The Hall–Kier alpha value is -3.00. The Morgan fingerprint density at radius 3 is 2.84 bits per heavy atom. The van der Waals surface area contributed by atoms with Crippen LogP contribution in [0.1, 0.15) is 12.7 Å². The molecule has 1 atom stereocenters. The van der Waals surface area contributed by atoms with Gasteiger partial charge < -0.3 is 29.5 Å². The first-order valence-electron chi connectivity index (χ1n) is 7.74. The predicted molar refractivity (Wildman–Crippen MR) is 93.6 cm³/mol. The summed E-state index contributed by atoms with van der Waals surface area (Å²) in [5.41, 5.74) is 0.554. The average molecular weight is 344 g/mol. The van der Waals surface area contributed by atoms with Gasteiger partial charge in [-0.1, -0.05) is 0 Å². The van der Waals surface area contributed by atoms with E-state index < -0.39 is 11.6 Å². The maximum Gasteiger partial charge on any atom is 0.319 e. The van der Waals surface area contributed by atoms with Gasteiger partial charge in [0.15, 0.2) is 5.58 Å². The number of nitrogens with one attached hydrogen (secondary N) is 2. The number of aromatic nitrogens is 1. The third-order valence-electron chi connectivity index (χ3n) is 3.66. The van der Waals surface area contributed by atoms with Gasteiger partial charge in [0, 0.05) is 19.8 Å². The molecule has 0 fully saturated rings. The summed E-state index contributed by atoms with van der Waals surface area (Å²) in [5.74, 6) is 0.382. The Balaban J connectivity index is 1.63. The van der Waals surface area contributed by atoms with E-state index in [0.717, 1.165) is 0 Å². The summed E-state index contributed by atoms with van der Waals surface area (Å²) in [6.45, 7) is 1.57. The van der Waals surface area contributed by atoms with Gasteiger partial charge in [-0.25, -0.2) is 4.79 Å². The van der Waals surface area contributed by atoms with Crippen LogP contribution in [0.3, 0.4) is 0 Å². The molecule has 1 aromatic carbocycles. The van der Waals surface area contributed by atoms with E-state index in [2.05, 4.69) is 15.6 Å². The highest BCUT2D eigenvalue weighted by Crippen LogP contribution is 2.24. The zero-order valence-corrected chi connectivity index (χ0v) is 14.2. The number of aliphatic hydroxyl groups is 1. The second kappa shape index (κ2) is 6.48. The normalized spacial score (nSPS) is 13.4. The summed E-state index contributed by atoms with van der Waals surface area (Å²) >= 11 is 0. The van der Waals surface area contributed by atoms with E-state index in [-0.39, 0.29) is 6.54 Å². The summed E-state index contributed by atoms with van der Waals surface area (Å²) in [7, 11) is 3.67. The molecule has 3 N–H and O–H groups in total. The van der Waals surface area contributed by atoms with E-state index >= 15 is 0 Å². The van der Waals surface area contributed by atoms with Crippen LogP contribution in [0.15, 0.2) is 45.4 Å². The van der Waals surface area contributed by atoms with Crippen LogP contribution in [0.25, 0.3) is 11.1 Å². The highest BCUT2D eigenvalue weighted by Gasteiger charge is 2.26. The zero-order chi connectivity index (χ0) is 18.0. The van der Waals surface area contributed by atoms with E-state index in [9.17, 15) is 9.90 Å². The van der Waals surface area contributed by atoms with Gasteiger partial charge in [0.1, 0.15) is 16.9 Å². The number of amides is 2. The smallest absolute Gasteiger partial charge is 0.319 e. The molecule has 0 aliphatic carbocycles. The molecule has 8 heteroatoms. The van der Waals surface area contributed by atoms with E-state index in [0.29, 0.717) is 28.6 Å². The topological polar surface area (TPSA) is 104 Å². The maximum atomic E-state index is 12.1. The number of urea groups is 1. The largest absolute Gasteiger partial charge is 0.466 e. The lowest BCUT2D eigenvalue weighted by atomic mass is 10.0. The van der Waals surface area contributed by atoms with Crippen molar-refractivity contribution in [1.29, 1.82) is 0 Å². The van der Waals surface area contributed by atoms with Crippen LogP contribution in [0.5, 0.6) is 0 Å². The first-order chi connectivity index (χ1) is 11.8. The van der Waals surface area contributed by atoms with Crippen molar-refractivity contribution >= 4 is 28.8 Å². The summed E-state index contributed by atoms with van der Waals surface area (Å²) in [6.07, 6.45) is 1.47. The molecule has 0 radical (unpaired) electrons. The van der Waals surface area contributed by atoms with Crippen molar-refractivity contribution in [2.45, 2.75) is 12.5 Å². The molecule has 0 spiro atoms. The quantitative estimate of drug-likeness (QED) is 0.657. The molecule has 2 heterocycles. The molecule has 2 aromatic heterocycles. The van der Waals surface area contributed by atoms with Crippen molar-refractivity contribution in [1.82, 2.24) is 10.3 Å². The van der Waals surface area contributed by atoms with E-state index in [1.54, 1.807) is 42.2 Å². The number of fused-ring (bicyclic) bond motifs is 1. The molecule has 132 valence electrons. The van der Waals surface area contributed by atoms with Crippen LogP contribution >= 0.6 is 0 Å². The number of hydrogen-bond donors (Lipinski definition) is 3. The van der Waals surface area contributed by atoms with Crippen LogP contribution in [-0.4, -0.2) is 36.8 Å². The molecule has 0 saturated carbocycles. The number of carbonyl (C=O) groups is 1. The highest BCUT2D eigenvalue weighted by molar-refractivity contribution is 5.91. The first-order valence-corrected chi connectivity index (χ1v) is 7.74. The maximum absolute atomic E-state index is 12.1. The lowest BCUT2D eigenvalue weighted by molar-refractivity contribution is 0.0372. The molecule has 3 aromatic rings. The number of rotatable bonds is 5. The van der Waals surface area contributed by atoms with Crippen molar-refractivity contribution in [2.24, 2.45) is 0 Å². The molecule has 0 aliphatic heterocycles. The van der Waals surface area contributed by atoms with E-state index in [1.165, 1.54) is 6.26 Å². The monoisotopic (exact) mass is 344 g/mol. The lowest BCUT2D eigenvalue weighted by Gasteiger charge is -2.21. The Kier molecular flexibility index (Phi) is 4.37. The minimum absolute atomic E-state index is 0.00330. The zero-order valence-electron chi connectivity index (χ0n) is 14.2. The number of hydrogen-bond acceptors (Lipinski definition) is 6. The van der Waals surface area contributed by atoms with Crippen LogP contribution in [0, 0.1) is 0 Å². The number of carbonyl (C=O) groups excluding carboxylic acids is 1. The van der Waals surface area contributed by atoms with Gasteiger partial charge >= 0.3 is 6.03 Å². The summed E-state index contributed by atoms with van der Waals surface area (Å²) in [5, 5.41) is 15.6. The lowest BCUT2D eigenvalue weighted by Crippen LogP contribution is -2.40. The van der Waals surface area contributed by atoms with E-state index in [1.807, 2.05) is 14.1 Å². The van der Waals surface area contributed by atoms with Gasteiger partial charge in [0.25, 0.3) is 6.01 Å². The number of anilines is 2. The molecule has 25 heavy (non-hydrogen) atoms. The van der Waals surface area contributed by atoms with Crippen LogP contribution in [0.2, 0.25) is 0 Å². The number of furan rings is 1. The molecule has 0 saturated heterocycles. The van der Waals surface area contributed by atoms with Gasteiger partial charge in [0.2, 0.25) is 0 Å². The minimum Gasteiger partial charge on any atom is -0.466 e. The van der Waals surface area contributed by atoms with Crippen molar-refractivity contribution in [3.8, 4) is 0 Å². The van der Waals surface area contributed by atoms with Gasteiger partial charge in [-0.3, -0.25) is 0 Å². The molecular formula is C17H20N4O4. The van der Waals surface area contributed by atoms with Gasteiger partial charge in [-0.2, -0.15) is 4.98 Å². The second-order valence-electron chi connectivity index (χ2n) is 6.13. The molecular weight excluding hydrogens is 324 g/mol. The molecule has 0 bridgehead atoms. The number of nitrogens with zero attached hydrogens (tertiary/aromatic N) is 2. The van der Waals surface area contributed by atoms with Crippen LogP contribution in [0.4, 0.5) is 16.5 Å². The Morgan fingerprint density at radius 1 is 1.36 bits per heavy atom. The SMILES string of the molecule is CN(C)c1nc2cc(NC(=O)NCC(C)(O)c3ccco3)ccc2o1. The number of oxazole rings is 1. The fourth-order valence-electron chi connectivity index (χ4n) is 2.28. The Bertz CT molecular complexity index is 868. The first kappa shape index (κ1) is 16.8. The standard InChI is InChI=1S/C17H20N4O4/c1-17(23,14-5-4-8-24-14)10-18-15(22)19-11-6-7-13-12(9-11)20-16(25-13)21(2)3/h4-9,23H,10H2,1-3H3,(H2,18,19,22). The molecule has 3 rings (SSSR count). The second-order valence-corrected chi connectivity index (χ2v) is 6.13. The third-order valence-corrected chi connectivity index (χ3v) is 3.66. The predicted octanol–water partition coefficient (Wildman–Crippen LogP) is 2.52. The summed E-state index contributed by atoms with van der Waals surface area (Å²) in [6, 6.07) is 8.56. The van der Waals surface area contributed by atoms with Gasteiger partial charge in [-0.05, 0) is 37.3 Å². The fraction of sp³-hybridized carbons (Fsp3) is 0.294. The third kappa shape index (κ3) is 3.74. The van der Waals surface area contributed by atoms with Gasteiger partial charge in [0.05, 0.1) is 12.8 Å². The molecule has 1 unspecified atom stereocenters. The highest BCUT2D eigenvalue weighted by atomic mass is 16.4. The fourth-order valence-corrected chi connectivity index (χ4v) is 2.28. The van der Waals surface area contributed by atoms with Crippen molar-refractivity contribution in [3.05, 3.63) is 42.4 Å². The molecule has 2 amide bonds. The Labute approximate surface area is 144 Å². The number of benzene rings is 1. The average Bonchev–Trinajstić information content (AvgIpc) is 3.22. The van der Waals surface area contributed by atoms with Crippen molar-refractivity contribution < 1.29 is 18.7 Å². The van der Waals surface area contributed by atoms with Crippen LogP contribution < -0.4 is 15.5 Å². The summed E-state index contributed by atoms with van der Waals surface area (Å²) < 4.78 is 10.7. The van der Waals surface area contributed by atoms with Crippen LogP contribution in [-0.2, 0) is 5.60 Å².